The number of aromatic nitrogens is 1. The molecular formula is C16H13N3O6. The third-order valence-electron chi connectivity index (χ3n) is 3.61. The topological polar surface area (TPSA) is 112 Å². The van der Waals surface area contributed by atoms with Gasteiger partial charge < -0.3 is 19.6 Å². The van der Waals surface area contributed by atoms with Crippen LogP contribution in [0.2, 0.25) is 0 Å². The number of pyridine rings is 1. The summed E-state index contributed by atoms with van der Waals surface area (Å²) in [4.78, 5) is 39.8. The fourth-order valence-electron chi connectivity index (χ4n) is 2.36. The summed E-state index contributed by atoms with van der Waals surface area (Å²) >= 11 is 0. The Morgan fingerprint density at radius 3 is 2.92 bits per heavy atom. The molecule has 1 aliphatic rings. The summed E-state index contributed by atoms with van der Waals surface area (Å²) in [6.07, 6.45) is 0. The maximum Gasteiger partial charge on any atom is 0.366 e. The normalized spacial score (nSPS) is 13.0. The van der Waals surface area contributed by atoms with Gasteiger partial charge in [-0.05, 0) is 28.1 Å². The average Bonchev–Trinajstić information content (AvgIpc) is 2.63. The van der Waals surface area contributed by atoms with Crippen molar-refractivity contribution in [2.24, 2.45) is 0 Å². The second-order valence-electron chi connectivity index (χ2n) is 5.17. The van der Waals surface area contributed by atoms with Crippen LogP contribution >= 0.6 is 0 Å². The molecule has 0 saturated heterocycles. The Morgan fingerprint density at radius 1 is 1.40 bits per heavy atom. The first-order chi connectivity index (χ1) is 12.0. The second kappa shape index (κ2) is 6.56. The van der Waals surface area contributed by atoms with Crippen molar-refractivity contribution < 1.29 is 24.0 Å². The zero-order chi connectivity index (χ0) is 18.0. The van der Waals surface area contributed by atoms with Gasteiger partial charge in [-0.3, -0.25) is 14.5 Å². The van der Waals surface area contributed by atoms with E-state index in [9.17, 15) is 19.7 Å². The van der Waals surface area contributed by atoms with E-state index in [-0.39, 0.29) is 30.5 Å². The van der Waals surface area contributed by atoms with Crippen molar-refractivity contribution in [3.05, 3.63) is 52.1 Å². The van der Waals surface area contributed by atoms with Gasteiger partial charge in [0.2, 0.25) is 0 Å². The maximum absolute atomic E-state index is 12.5. The lowest BCUT2D eigenvalue weighted by Crippen LogP contribution is -2.42. The molecule has 1 amide bonds. The van der Waals surface area contributed by atoms with Crippen LogP contribution in [0.5, 0.6) is 11.5 Å². The summed E-state index contributed by atoms with van der Waals surface area (Å²) in [7, 11) is 1.48. The Bertz CT molecular complexity index is 867. The van der Waals surface area contributed by atoms with Gasteiger partial charge in [0.05, 0.1) is 13.7 Å². The average molecular weight is 343 g/mol. The van der Waals surface area contributed by atoms with E-state index in [2.05, 4.69) is 4.98 Å². The Kier molecular flexibility index (Phi) is 4.29. The summed E-state index contributed by atoms with van der Waals surface area (Å²) in [5, 5.41) is 10.9. The highest BCUT2D eigenvalue weighted by atomic mass is 16.6. The highest BCUT2D eigenvalue weighted by Crippen LogP contribution is 2.32. The van der Waals surface area contributed by atoms with Crippen molar-refractivity contribution >= 4 is 23.3 Å². The number of fused-ring (bicyclic) bond motifs is 1. The summed E-state index contributed by atoms with van der Waals surface area (Å²) in [6.45, 7) is -0.575. The summed E-state index contributed by atoms with van der Waals surface area (Å²) in [5.41, 5.74) is 0.352. The molecule has 0 fully saturated rings. The Morgan fingerprint density at radius 2 is 2.20 bits per heavy atom. The summed E-state index contributed by atoms with van der Waals surface area (Å²) in [6, 6.07) is 9.03. The molecule has 0 N–H and O–H groups in total. The lowest BCUT2D eigenvalue weighted by atomic mass is 10.1. The van der Waals surface area contributed by atoms with Crippen LogP contribution in [-0.2, 0) is 4.79 Å². The fraction of sp³-hybridized carbons (Fsp3) is 0.188. The van der Waals surface area contributed by atoms with Gasteiger partial charge in [-0.1, -0.05) is 12.1 Å². The third kappa shape index (κ3) is 3.25. The number of hydrogen-bond acceptors (Lipinski definition) is 7. The van der Waals surface area contributed by atoms with E-state index in [0.717, 1.165) is 4.90 Å². The maximum atomic E-state index is 12.5. The number of benzene rings is 1. The van der Waals surface area contributed by atoms with Crippen molar-refractivity contribution in [2.75, 3.05) is 25.2 Å². The first-order valence-corrected chi connectivity index (χ1v) is 7.25. The van der Waals surface area contributed by atoms with E-state index in [1.807, 2.05) is 0 Å². The SMILES string of the molecule is COc1cccc(C(=O)CN2C(=O)COc3ccc([N+](=O)[O-])nc32)c1. The monoisotopic (exact) mass is 343 g/mol. The fourth-order valence-corrected chi connectivity index (χ4v) is 2.36. The molecule has 0 unspecified atom stereocenters. The number of ketones is 1. The van der Waals surface area contributed by atoms with Gasteiger partial charge in [-0.25, -0.2) is 0 Å². The lowest BCUT2D eigenvalue weighted by molar-refractivity contribution is -0.389. The molecule has 1 aromatic carbocycles. The van der Waals surface area contributed by atoms with Gasteiger partial charge in [0, 0.05) is 11.6 Å². The molecule has 2 aromatic rings. The van der Waals surface area contributed by atoms with Crippen LogP contribution in [0.1, 0.15) is 10.4 Å². The van der Waals surface area contributed by atoms with Gasteiger partial charge in [0.15, 0.2) is 18.1 Å². The van der Waals surface area contributed by atoms with Crippen LogP contribution in [0.25, 0.3) is 0 Å². The molecule has 0 aliphatic carbocycles. The quantitative estimate of drug-likeness (QED) is 0.460. The number of nitrogens with zero attached hydrogens (tertiary/aromatic N) is 3. The zero-order valence-corrected chi connectivity index (χ0v) is 13.2. The number of carbonyl (C=O) groups is 2. The van der Waals surface area contributed by atoms with Gasteiger partial charge in [0.25, 0.3) is 11.7 Å². The molecule has 0 atom stereocenters. The van der Waals surface area contributed by atoms with E-state index < -0.39 is 16.6 Å². The molecule has 128 valence electrons. The molecule has 2 heterocycles. The number of ether oxygens (including phenoxy) is 2. The van der Waals surface area contributed by atoms with Crippen LogP contribution in [0.15, 0.2) is 36.4 Å². The first kappa shape index (κ1) is 16.4. The molecule has 25 heavy (non-hydrogen) atoms. The van der Waals surface area contributed by atoms with E-state index in [1.54, 1.807) is 24.3 Å². The number of amides is 1. The minimum atomic E-state index is -0.679. The summed E-state index contributed by atoms with van der Waals surface area (Å²) in [5.74, 6) is -0.611. The molecule has 1 aromatic heterocycles. The number of carbonyl (C=O) groups excluding carboxylic acids is 2. The van der Waals surface area contributed by atoms with Crippen LogP contribution in [0.4, 0.5) is 11.6 Å². The predicted molar refractivity (Wildman–Crippen MR) is 86.1 cm³/mol. The predicted octanol–water partition coefficient (Wildman–Crippen LogP) is 1.61. The van der Waals surface area contributed by atoms with E-state index >= 15 is 0 Å². The van der Waals surface area contributed by atoms with Crippen LogP contribution in [0, 0.1) is 10.1 Å². The lowest BCUT2D eigenvalue weighted by Gasteiger charge is -2.24. The minimum Gasteiger partial charge on any atom is -0.497 e. The van der Waals surface area contributed by atoms with Crippen LogP contribution in [-0.4, -0.2) is 41.9 Å². The second-order valence-corrected chi connectivity index (χ2v) is 5.17. The van der Waals surface area contributed by atoms with Gasteiger partial charge in [0.1, 0.15) is 5.75 Å². The van der Waals surface area contributed by atoms with Crippen LogP contribution < -0.4 is 14.4 Å². The highest BCUT2D eigenvalue weighted by Gasteiger charge is 2.33. The molecule has 0 radical (unpaired) electrons. The van der Waals surface area contributed by atoms with Gasteiger partial charge in [-0.2, -0.15) is 0 Å². The highest BCUT2D eigenvalue weighted by molar-refractivity contribution is 6.06. The van der Waals surface area contributed by atoms with Gasteiger partial charge >= 0.3 is 5.82 Å². The molecule has 0 saturated carbocycles. The molecule has 9 heteroatoms. The van der Waals surface area contributed by atoms with E-state index in [4.69, 9.17) is 9.47 Å². The summed E-state index contributed by atoms with van der Waals surface area (Å²) < 4.78 is 10.3. The molecule has 3 rings (SSSR count). The number of rotatable bonds is 5. The number of methoxy groups -OCH3 is 1. The number of Topliss-reactive ketones (excluding diaryl/α,β-unsaturated/α-hetero) is 1. The van der Waals surface area contributed by atoms with E-state index in [0.29, 0.717) is 11.3 Å². The minimum absolute atomic E-state index is 0.0401. The van der Waals surface area contributed by atoms with Crippen LogP contribution in [0.3, 0.4) is 0 Å². The van der Waals surface area contributed by atoms with Crippen molar-refractivity contribution in [2.45, 2.75) is 0 Å². The molecule has 9 nitrogen and oxygen atoms in total. The number of anilines is 1. The standard InChI is InChI=1S/C16H13N3O6/c1-24-11-4-2-3-10(7-11)12(20)8-18-15(21)9-25-13-5-6-14(19(22)23)17-16(13)18/h2-7H,8-9H2,1H3. The molecule has 1 aliphatic heterocycles. The number of nitro groups is 1. The van der Waals surface area contributed by atoms with Crippen molar-refractivity contribution in [3.8, 4) is 11.5 Å². The third-order valence-corrected chi connectivity index (χ3v) is 3.61. The van der Waals surface area contributed by atoms with E-state index in [1.165, 1.54) is 19.2 Å². The smallest absolute Gasteiger partial charge is 0.366 e. The zero-order valence-electron chi connectivity index (χ0n) is 13.2. The van der Waals surface area contributed by atoms with Crippen molar-refractivity contribution in [3.63, 3.8) is 0 Å². The number of hydrogen-bond donors (Lipinski definition) is 0. The Labute approximate surface area is 141 Å². The van der Waals surface area contributed by atoms with Crippen molar-refractivity contribution in [1.29, 1.82) is 0 Å². The molecule has 0 spiro atoms. The van der Waals surface area contributed by atoms with Gasteiger partial charge in [-0.15, -0.1) is 0 Å². The Balaban J connectivity index is 1.91. The van der Waals surface area contributed by atoms with Crippen molar-refractivity contribution in [1.82, 2.24) is 4.98 Å². The molecule has 0 bridgehead atoms. The molecular weight excluding hydrogens is 330 g/mol. The first-order valence-electron chi connectivity index (χ1n) is 7.25. The Hall–Kier alpha value is -3.49. The largest absolute Gasteiger partial charge is 0.497 e.